The van der Waals surface area contributed by atoms with Crippen LogP contribution in [0.3, 0.4) is 0 Å². The van der Waals surface area contributed by atoms with E-state index < -0.39 is 12.1 Å². The van der Waals surface area contributed by atoms with Crippen molar-refractivity contribution in [3.63, 3.8) is 0 Å². The molecule has 0 spiro atoms. The average molecular weight is 385 g/mol. The summed E-state index contributed by atoms with van der Waals surface area (Å²) in [4.78, 5) is 26.7. The molecule has 0 unspecified atom stereocenters. The molecule has 148 valence electrons. The summed E-state index contributed by atoms with van der Waals surface area (Å²) in [5.41, 5.74) is 1.30. The second-order valence-electron chi connectivity index (χ2n) is 7.79. The lowest BCUT2D eigenvalue weighted by Crippen LogP contribution is -2.62. The Morgan fingerprint density at radius 1 is 1.32 bits per heavy atom. The molecule has 1 aromatic heterocycles. The van der Waals surface area contributed by atoms with Crippen molar-refractivity contribution in [3.05, 3.63) is 48.0 Å². The normalized spacial score (nSPS) is 24.6. The molecule has 2 aliphatic rings. The predicted octanol–water partition coefficient (Wildman–Crippen LogP) is 1.22. The molecule has 28 heavy (non-hydrogen) atoms. The maximum atomic E-state index is 13.9. The summed E-state index contributed by atoms with van der Waals surface area (Å²) in [6.07, 6.45) is 4.05. The Morgan fingerprint density at radius 3 is 2.86 bits per heavy atom. The highest BCUT2D eigenvalue weighted by molar-refractivity contribution is 5.97. The van der Waals surface area contributed by atoms with E-state index in [0.717, 1.165) is 5.56 Å². The van der Waals surface area contributed by atoms with Crippen LogP contribution in [0, 0.1) is 11.7 Å². The average Bonchev–Trinajstić information content (AvgIpc) is 3.30. The highest BCUT2D eigenvalue weighted by Gasteiger charge is 2.46. The Labute approximate surface area is 162 Å². The summed E-state index contributed by atoms with van der Waals surface area (Å²) in [7, 11) is 0. The Kier molecular flexibility index (Phi) is 4.89. The number of benzene rings is 1. The number of rotatable bonds is 5. The van der Waals surface area contributed by atoms with Gasteiger partial charge in [0.15, 0.2) is 0 Å². The highest BCUT2D eigenvalue weighted by atomic mass is 19.1. The van der Waals surface area contributed by atoms with Gasteiger partial charge in [0.25, 0.3) is 0 Å². The standard InChI is InChI=1S/C20H24FN5O2/c1-12(2)18-20(28)25-11-14(7-17(25)19(27)24-18)22-8-13-9-23-26(10-13)16-6-4-3-5-15(16)21/h3-6,9-10,12,14,17-18,22H,7-8,11H2,1-2H3,(H,24,27)/t14-,17-,18-/m0/s1. The first-order chi connectivity index (χ1) is 13.4. The molecule has 8 heteroatoms. The molecule has 0 saturated carbocycles. The number of piperazine rings is 1. The number of nitrogens with zero attached hydrogens (tertiary/aromatic N) is 3. The van der Waals surface area contributed by atoms with Crippen molar-refractivity contribution in [1.82, 2.24) is 25.3 Å². The molecule has 4 rings (SSSR count). The summed E-state index contributed by atoms with van der Waals surface area (Å²) in [5, 5.41) is 10.5. The molecule has 2 amide bonds. The third-order valence-corrected chi connectivity index (χ3v) is 5.45. The molecule has 2 N–H and O–H groups in total. The van der Waals surface area contributed by atoms with Crippen LogP contribution in [0.25, 0.3) is 5.69 Å². The van der Waals surface area contributed by atoms with Crippen LogP contribution in [0.2, 0.25) is 0 Å². The van der Waals surface area contributed by atoms with Gasteiger partial charge in [-0.2, -0.15) is 5.10 Å². The quantitative estimate of drug-likeness (QED) is 0.811. The number of fused-ring (bicyclic) bond motifs is 1. The van der Waals surface area contributed by atoms with Gasteiger partial charge in [-0.05, 0) is 24.5 Å². The van der Waals surface area contributed by atoms with Crippen molar-refractivity contribution in [2.75, 3.05) is 6.54 Å². The molecule has 2 aliphatic heterocycles. The van der Waals surface area contributed by atoms with Crippen LogP contribution in [-0.4, -0.2) is 51.2 Å². The fourth-order valence-corrected chi connectivity index (χ4v) is 3.90. The van der Waals surface area contributed by atoms with Gasteiger partial charge in [-0.3, -0.25) is 9.59 Å². The van der Waals surface area contributed by atoms with Gasteiger partial charge in [0.05, 0.1) is 6.20 Å². The molecule has 0 bridgehead atoms. The first-order valence-electron chi connectivity index (χ1n) is 9.56. The molecule has 0 aliphatic carbocycles. The number of para-hydroxylation sites is 1. The second kappa shape index (κ2) is 7.35. The Bertz CT molecular complexity index is 896. The van der Waals surface area contributed by atoms with Crippen molar-refractivity contribution in [1.29, 1.82) is 0 Å². The van der Waals surface area contributed by atoms with Crippen molar-refractivity contribution in [2.24, 2.45) is 5.92 Å². The lowest BCUT2D eigenvalue weighted by molar-refractivity contribution is -0.148. The number of carbonyl (C=O) groups is 2. The van der Waals surface area contributed by atoms with Gasteiger partial charge in [0.2, 0.25) is 11.8 Å². The van der Waals surface area contributed by atoms with E-state index in [9.17, 15) is 14.0 Å². The van der Waals surface area contributed by atoms with E-state index in [2.05, 4.69) is 15.7 Å². The van der Waals surface area contributed by atoms with Gasteiger partial charge in [0.1, 0.15) is 23.6 Å². The van der Waals surface area contributed by atoms with Crippen LogP contribution in [0.1, 0.15) is 25.8 Å². The molecule has 1 aromatic carbocycles. The summed E-state index contributed by atoms with van der Waals surface area (Å²) < 4.78 is 15.4. The number of nitrogens with one attached hydrogen (secondary N) is 2. The minimum absolute atomic E-state index is 0.00345. The third-order valence-electron chi connectivity index (χ3n) is 5.45. The van der Waals surface area contributed by atoms with E-state index >= 15 is 0 Å². The molecule has 3 heterocycles. The van der Waals surface area contributed by atoms with E-state index in [1.165, 1.54) is 10.7 Å². The molecule has 2 aromatic rings. The molecule has 2 fully saturated rings. The number of hydrogen-bond donors (Lipinski definition) is 2. The van der Waals surface area contributed by atoms with E-state index in [0.29, 0.717) is 25.2 Å². The lowest BCUT2D eigenvalue weighted by Gasteiger charge is -2.36. The van der Waals surface area contributed by atoms with Crippen molar-refractivity contribution in [2.45, 2.75) is 44.9 Å². The highest BCUT2D eigenvalue weighted by Crippen LogP contribution is 2.25. The maximum absolute atomic E-state index is 13.9. The monoisotopic (exact) mass is 385 g/mol. The number of carbonyl (C=O) groups excluding carboxylic acids is 2. The van der Waals surface area contributed by atoms with Crippen molar-refractivity contribution < 1.29 is 14.0 Å². The number of amides is 2. The Morgan fingerprint density at radius 2 is 2.11 bits per heavy atom. The number of hydrogen-bond acceptors (Lipinski definition) is 4. The van der Waals surface area contributed by atoms with Crippen molar-refractivity contribution >= 4 is 11.8 Å². The maximum Gasteiger partial charge on any atom is 0.246 e. The zero-order valence-electron chi connectivity index (χ0n) is 15.9. The van der Waals surface area contributed by atoms with Gasteiger partial charge in [0, 0.05) is 30.9 Å². The topological polar surface area (TPSA) is 79.3 Å². The van der Waals surface area contributed by atoms with E-state index in [-0.39, 0.29) is 29.6 Å². The van der Waals surface area contributed by atoms with Gasteiger partial charge in [-0.1, -0.05) is 26.0 Å². The van der Waals surface area contributed by atoms with Gasteiger partial charge < -0.3 is 15.5 Å². The van der Waals surface area contributed by atoms with Crippen LogP contribution in [0.15, 0.2) is 36.7 Å². The van der Waals surface area contributed by atoms with Crippen molar-refractivity contribution in [3.8, 4) is 5.69 Å². The molecule has 7 nitrogen and oxygen atoms in total. The van der Waals surface area contributed by atoms with Crippen LogP contribution in [0.5, 0.6) is 0 Å². The van der Waals surface area contributed by atoms with Gasteiger partial charge in [-0.15, -0.1) is 0 Å². The Balaban J connectivity index is 1.39. The SMILES string of the molecule is CC(C)[C@@H]1NC(=O)[C@@H]2C[C@H](NCc3cnn(-c4ccccc4F)c3)CN2C1=O. The first-order valence-corrected chi connectivity index (χ1v) is 9.56. The van der Waals surface area contributed by atoms with Crippen LogP contribution in [-0.2, 0) is 16.1 Å². The van der Waals surface area contributed by atoms with Crippen LogP contribution < -0.4 is 10.6 Å². The number of halogens is 1. The summed E-state index contributed by atoms with van der Waals surface area (Å²) in [6.45, 7) is 4.91. The zero-order chi connectivity index (χ0) is 19.8. The third kappa shape index (κ3) is 3.40. The minimum Gasteiger partial charge on any atom is -0.342 e. The molecule has 0 radical (unpaired) electrons. The van der Waals surface area contributed by atoms with Crippen LogP contribution in [0.4, 0.5) is 4.39 Å². The largest absolute Gasteiger partial charge is 0.342 e. The lowest BCUT2D eigenvalue weighted by atomic mass is 9.98. The summed E-state index contributed by atoms with van der Waals surface area (Å²) in [6, 6.07) is 5.66. The smallest absolute Gasteiger partial charge is 0.246 e. The fourth-order valence-electron chi connectivity index (χ4n) is 3.90. The van der Waals surface area contributed by atoms with Gasteiger partial charge in [-0.25, -0.2) is 9.07 Å². The molecule has 3 atom stereocenters. The fraction of sp³-hybridized carbons (Fsp3) is 0.450. The second-order valence-corrected chi connectivity index (χ2v) is 7.79. The van der Waals surface area contributed by atoms with E-state index in [4.69, 9.17) is 0 Å². The minimum atomic E-state index is -0.443. The summed E-state index contributed by atoms with van der Waals surface area (Å²) in [5.74, 6) is -0.345. The van der Waals surface area contributed by atoms with E-state index in [1.54, 1.807) is 35.5 Å². The molecule has 2 saturated heterocycles. The first kappa shape index (κ1) is 18.6. The van der Waals surface area contributed by atoms with Crippen LogP contribution >= 0.6 is 0 Å². The Hall–Kier alpha value is -2.74. The van der Waals surface area contributed by atoms with Gasteiger partial charge >= 0.3 is 0 Å². The number of aromatic nitrogens is 2. The predicted molar refractivity (Wildman–Crippen MR) is 101 cm³/mol. The molecular weight excluding hydrogens is 361 g/mol. The molecular formula is C20H24FN5O2. The summed E-state index contributed by atoms with van der Waals surface area (Å²) >= 11 is 0. The zero-order valence-corrected chi connectivity index (χ0v) is 15.9. The van der Waals surface area contributed by atoms with E-state index in [1.807, 2.05) is 13.8 Å².